The molecular formula is C20H28N6O. The van der Waals surface area contributed by atoms with Crippen LogP contribution in [0.15, 0.2) is 12.4 Å². The van der Waals surface area contributed by atoms with E-state index < -0.39 is 0 Å². The summed E-state index contributed by atoms with van der Waals surface area (Å²) in [4.78, 5) is 26.3. The monoisotopic (exact) mass is 368 g/mol. The lowest BCUT2D eigenvalue weighted by molar-refractivity contribution is 0.0728. The normalized spacial score (nSPS) is 17.2. The second-order valence-corrected chi connectivity index (χ2v) is 7.76. The van der Waals surface area contributed by atoms with E-state index in [2.05, 4.69) is 26.9 Å². The zero-order valence-corrected chi connectivity index (χ0v) is 16.5. The molecule has 0 atom stereocenters. The van der Waals surface area contributed by atoms with E-state index in [0.29, 0.717) is 18.2 Å². The number of hydrogen-bond acceptors (Lipinski definition) is 5. The summed E-state index contributed by atoms with van der Waals surface area (Å²) in [5.41, 5.74) is 3.82. The van der Waals surface area contributed by atoms with Crippen LogP contribution < -0.4 is 4.90 Å². The van der Waals surface area contributed by atoms with Crippen molar-refractivity contribution < 1.29 is 4.79 Å². The molecule has 2 aromatic rings. The summed E-state index contributed by atoms with van der Waals surface area (Å²) >= 11 is 0. The standard InChI is InChI=1S/C20H28N6O/c1-14-18(15(2)24(3)23-14)13-26(17-7-8-17)19(27)16-11-21-20(22-12-16)25-9-5-4-6-10-25/h11-12,17H,4-10,13H2,1-3H3. The molecule has 1 saturated heterocycles. The second-order valence-electron chi connectivity index (χ2n) is 7.76. The number of anilines is 1. The number of hydrogen-bond donors (Lipinski definition) is 0. The van der Waals surface area contributed by atoms with Gasteiger partial charge in [-0.05, 0) is 46.0 Å². The zero-order chi connectivity index (χ0) is 19.0. The van der Waals surface area contributed by atoms with Gasteiger partial charge in [0.15, 0.2) is 0 Å². The number of carbonyl (C=O) groups is 1. The third kappa shape index (κ3) is 3.68. The molecule has 0 spiro atoms. The molecule has 2 fully saturated rings. The van der Waals surface area contributed by atoms with E-state index in [0.717, 1.165) is 48.8 Å². The van der Waals surface area contributed by atoms with Crippen LogP contribution in [0.1, 0.15) is 59.4 Å². The Morgan fingerprint density at radius 1 is 1.15 bits per heavy atom. The zero-order valence-electron chi connectivity index (χ0n) is 16.5. The summed E-state index contributed by atoms with van der Waals surface area (Å²) in [5.74, 6) is 0.758. The fraction of sp³-hybridized carbons (Fsp3) is 0.600. The SMILES string of the molecule is Cc1nn(C)c(C)c1CN(C(=O)c1cnc(N2CCCCC2)nc1)C1CC1. The van der Waals surface area contributed by atoms with Crippen LogP contribution in [0.2, 0.25) is 0 Å². The first kappa shape index (κ1) is 17.9. The highest BCUT2D eigenvalue weighted by Crippen LogP contribution is 2.31. The molecule has 1 amide bonds. The Labute approximate surface area is 160 Å². The lowest BCUT2D eigenvalue weighted by atomic mass is 10.1. The quantitative estimate of drug-likeness (QED) is 0.812. The van der Waals surface area contributed by atoms with E-state index in [-0.39, 0.29) is 5.91 Å². The second kappa shape index (κ2) is 7.29. The number of aryl methyl sites for hydroxylation is 2. The fourth-order valence-electron chi connectivity index (χ4n) is 3.82. The van der Waals surface area contributed by atoms with E-state index in [1.165, 1.54) is 19.3 Å². The first-order valence-corrected chi connectivity index (χ1v) is 9.91. The molecule has 0 unspecified atom stereocenters. The summed E-state index contributed by atoms with van der Waals surface area (Å²) in [7, 11) is 1.95. The average Bonchev–Trinajstić information content (AvgIpc) is 3.50. The third-order valence-corrected chi connectivity index (χ3v) is 5.76. The van der Waals surface area contributed by atoms with Crippen LogP contribution in [-0.2, 0) is 13.6 Å². The maximum absolute atomic E-state index is 13.2. The molecule has 2 aliphatic rings. The molecule has 27 heavy (non-hydrogen) atoms. The predicted molar refractivity (Wildman–Crippen MR) is 104 cm³/mol. The van der Waals surface area contributed by atoms with Gasteiger partial charge >= 0.3 is 0 Å². The van der Waals surface area contributed by atoms with Crippen molar-refractivity contribution in [2.24, 2.45) is 7.05 Å². The van der Waals surface area contributed by atoms with Crippen molar-refractivity contribution in [3.8, 4) is 0 Å². The van der Waals surface area contributed by atoms with Crippen LogP contribution in [0.5, 0.6) is 0 Å². The van der Waals surface area contributed by atoms with Gasteiger partial charge in [0.2, 0.25) is 5.95 Å². The minimum Gasteiger partial charge on any atom is -0.341 e. The molecule has 2 aromatic heterocycles. The van der Waals surface area contributed by atoms with Crippen molar-refractivity contribution in [1.29, 1.82) is 0 Å². The summed E-state index contributed by atoms with van der Waals surface area (Å²) in [6.07, 6.45) is 9.16. The van der Waals surface area contributed by atoms with Gasteiger partial charge in [0.1, 0.15) is 0 Å². The molecule has 7 nitrogen and oxygen atoms in total. The smallest absolute Gasteiger partial charge is 0.257 e. The first-order valence-electron chi connectivity index (χ1n) is 9.91. The van der Waals surface area contributed by atoms with Gasteiger partial charge in [-0.1, -0.05) is 0 Å². The minimum atomic E-state index is 0.0188. The minimum absolute atomic E-state index is 0.0188. The molecule has 4 rings (SSSR count). The van der Waals surface area contributed by atoms with Gasteiger partial charge in [0.25, 0.3) is 5.91 Å². The van der Waals surface area contributed by atoms with Crippen LogP contribution in [-0.4, -0.2) is 49.7 Å². The van der Waals surface area contributed by atoms with Crippen molar-refractivity contribution in [3.63, 3.8) is 0 Å². The third-order valence-electron chi connectivity index (χ3n) is 5.76. The van der Waals surface area contributed by atoms with Crippen molar-refractivity contribution in [2.75, 3.05) is 18.0 Å². The van der Waals surface area contributed by atoms with Crippen LogP contribution in [0.4, 0.5) is 5.95 Å². The van der Waals surface area contributed by atoms with Gasteiger partial charge in [-0.2, -0.15) is 5.10 Å². The molecule has 0 radical (unpaired) electrons. The maximum Gasteiger partial charge on any atom is 0.257 e. The Kier molecular flexibility index (Phi) is 4.85. The van der Waals surface area contributed by atoms with E-state index in [9.17, 15) is 4.79 Å². The Balaban J connectivity index is 1.52. The molecule has 1 aliphatic carbocycles. The Hall–Kier alpha value is -2.44. The van der Waals surface area contributed by atoms with E-state index in [1.807, 2.05) is 23.6 Å². The van der Waals surface area contributed by atoms with E-state index in [4.69, 9.17) is 0 Å². The summed E-state index contributed by atoms with van der Waals surface area (Å²) < 4.78 is 1.89. The summed E-state index contributed by atoms with van der Waals surface area (Å²) in [6.45, 7) is 6.67. The van der Waals surface area contributed by atoms with Gasteiger partial charge in [0.05, 0.1) is 11.3 Å². The van der Waals surface area contributed by atoms with Crippen molar-refractivity contribution in [2.45, 2.75) is 58.5 Å². The van der Waals surface area contributed by atoms with Crippen molar-refractivity contribution in [3.05, 3.63) is 34.9 Å². The van der Waals surface area contributed by atoms with Gasteiger partial charge in [-0.3, -0.25) is 9.48 Å². The Morgan fingerprint density at radius 3 is 2.37 bits per heavy atom. The van der Waals surface area contributed by atoms with Gasteiger partial charge < -0.3 is 9.80 Å². The van der Waals surface area contributed by atoms with Crippen LogP contribution in [0.3, 0.4) is 0 Å². The lowest BCUT2D eigenvalue weighted by Crippen LogP contribution is -2.34. The number of aromatic nitrogens is 4. The molecule has 0 aromatic carbocycles. The number of rotatable bonds is 5. The number of piperidine rings is 1. The lowest BCUT2D eigenvalue weighted by Gasteiger charge is -2.27. The average molecular weight is 368 g/mol. The van der Waals surface area contributed by atoms with Crippen LogP contribution in [0.25, 0.3) is 0 Å². The molecule has 0 N–H and O–H groups in total. The fourth-order valence-corrected chi connectivity index (χ4v) is 3.82. The largest absolute Gasteiger partial charge is 0.341 e. The Bertz CT molecular complexity index is 818. The predicted octanol–water partition coefficient (Wildman–Crippen LogP) is 2.62. The van der Waals surface area contributed by atoms with Gasteiger partial charge in [-0.15, -0.1) is 0 Å². The van der Waals surface area contributed by atoms with Crippen LogP contribution in [0, 0.1) is 13.8 Å². The molecule has 1 saturated carbocycles. The highest BCUT2D eigenvalue weighted by atomic mass is 16.2. The summed E-state index contributed by atoms with van der Waals surface area (Å²) in [6, 6.07) is 0.318. The molecule has 0 bridgehead atoms. The Morgan fingerprint density at radius 2 is 1.81 bits per heavy atom. The summed E-state index contributed by atoms with van der Waals surface area (Å²) in [5, 5.41) is 4.49. The van der Waals surface area contributed by atoms with Crippen molar-refractivity contribution >= 4 is 11.9 Å². The van der Waals surface area contributed by atoms with Crippen molar-refractivity contribution in [1.82, 2.24) is 24.6 Å². The highest BCUT2D eigenvalue weighted by Gasteiger charge is 2.34. The van der Waals surface area contributed by atoms with E-state index in [1.54, 1.807) is 12.4 Å². The number of amides is 1. The van der Waals surface area contributed by atoms with Crippen LogP contribution >= 0.6 is 0 Å². The number of nitrogens with zero attached hydrogens (tertiary/aromatic N) is 6. The van der Waals surface area contributed by atoms with Gasteiger partial charge in [0, 0.05) is 56.4 Å². The molecule has 7 heteroatoms. The van der Waals surface area contributed by atoms with Gasteiger partial charge in [-0.25, -0.2) is 9.97 Å². The highest BCUT2D eigenvalue weighted by molar-refractivity contribution is 5.94. The number of carbonyl (C=O) groups excluding carboxylic acids is 1. The van der Waals surface area contributed by atoms with E-state index >= 15 is 0 Å². The molecule has 144 valence electrons. The molecular weight excluding hydrogens is 340 g/mol. The molecule has 3 heterocycles. The molecule has 1 aliphatic heterocycles. The first-order chi connectivity index (χ1) is 13.0. The maximum atomic E-state index is 13.2. The topological polar surface area (TPSA) is 67.2 Å².